The van der Waals surface area contributed by atoms with E-state index in [1.165, 1.54) is 17.9 Å². The highest BCUT2D eigenvalue weighted by Crippen LogP contribution is 2.61. The summed E-state index contributed by atoms with van der Waals surface area (Å²) in [6.07, 6.45) is 5.46. The molecule has 1 N–H and O–H groups in total. The molecule has 3 aromatic rings. The summed E-state index contributed by atoms with van der Waals surface area (Å²) in [7, 11) is 0. The van der Waals surface area contributed by atoms with Gasteiger partial charge in [0.2, 0.25) is 0 Å². The molecule has 2 fully saturated rings. The van der Waals surface area contributed by atoms with Gasteiger partial charge in [0, 0.05) is 70.7 Å². The van der Waals surface area contributed by atoms with E-state index in [-0.39, 0.29) is 18.0 Å². The van der Waals surface area contributed by atoms with Gasteiger partial charge in [0.1, 0.15) is 5.66 Å². The van der Waals surface area contributed by atoms with Crippen molar-refractivity contribution >= 4 is 22.7 Å². The number of aliphatic imine (C=N–C) groups is 1. The third-order valence-corrected chi connectivity index (χ3v) is 9.81. The first kappa shape index (κ1) is 29.8. The SMILES string of the molecule is C=C(N=C(c1cccc(C(F)(F)CC)c1)c1ccc(NC2CCN(C34C=C3c3ccccc3N4C(F)F)CC2)cc1C)C1CC1. The third-order valence-electron chi connectivity index (χ3n) is 9.81. The zero-order valence-corrected chi connectivity index (χ0v) is 25.7. The van der Waals surface area contributed by atoms with E-state index in [0.29, 0.717) is 36.0 Å². The molecule has 234 valence electrons. The lowest BCUT2D eigenvalue weighted by atomic mass is 9.94. The molecule has 0 amide bonds. The molecule has 1 saturated carbocycles. The molecule has 0 bridgehead atoms. The van der Waals surface area contributed by atoms with Crippen LogP contribution < -0.4 is 10.2 Å². The Kier molecular flexibility index (Phi) is 7.39. The van der Waals surface area contributed by atoms with Crippen LogP contribution in [0.2, 0.25) is 0 Å². The minimum absolute atomic E-state index is 0.0132. The fourth-order valence-electron chi connectivity index (χ4n) is 7.05. The number of likely N-dealkylation sites (tertiary alicyclic amines) is 1. The van der Waals surface area contributed by atoms with Crippen molar-refractivity contribution in [2.45, 2.75) is 70.1 Å². The maximum absolute atomic E-state index is 14.6. The predicted octanol–water partition coefficient (Wildman–Crippen LogP) is 8.97. The molecule has 1 unspecified atom stereocenters. The van der Waals surface area contributed by atoms with Crippen LogP contribution in [0.25, 0.3) is 5.57 Å². The minimum atomic E-state index is -2.91. The van der Waals surface area contributed by atoms with Gasteiger partial charge in [-0.05, 0) is 68.5 Å². The summed E-state index contributed by atoms with van der Waals surface area (Å²) in [6.45, 7) is 6.50. The Morgan fingerprint density at radius 3 is 2.47 bits per heavy atom. The summed E-state index contributed by atoms with van der Waals surface area (Å²) in [5.41, 5.74) is 6.61. The Bertz CT molecular complexity index is 1700. The van der Waals surface area contributed by atoms with Gasteiger partial charge in [-0.2, -0.15) is 8.78 Å². The Labute approximate surface area is 262 Å². The van der Waals surface area contributed by atoms with Crippen LogP contribution in [0.15, 0.2) is 90.1 Å². The summed E-state index contributed by atoms with van der Waals surface area (Å²) in [5.74, 6) is -2.57. The second-order valence-electron chi connectivity index (χ2n) is 12.7. The molecule has 0 spiro atoms. The van der Waals surface area contributed by atoms with Crippen LogP contribution in [0.3, 0.4) is 0 Å². The number of nitrogens with one attached hydrogen (secondary N) is 1. The van der Waals surface area contributed by atoms with Gasteiger partial charge in [0.25, 0.3) is 5.92 Å². The third kappa shape index (κ3) is 5.27. The van der Waals surface area contributed by atoms with Crippen molar-refractivity contribution in [2.24, 2.45) is 10.9 Å². The van der Waals surface area contributed by atoms with Gasteiger partial charge in [0.05, 0.1) is 11.4 Å². The van der Waals surface area contributed by atoms with Crippen molar-refractivity contribution in [1.29, 1.82) is 0 Å². The normalized spacial score (nSPS) is 21.9. The zero-order chi connectivity index (χ0) is 31.5. The van der Waals surface area contributed by atoms with Gasteiger partial charge in [-0.3, -0.25) is 14.8 Å². The molecule has 4 aliphatic rings. The van der Waals surface area contributed by atoms with E-state index in [2.05, 4.69) is 22.9 Å². The summed E-state index contributed by atoms with van der Waals surface area (Å²) < 4.78 is 57.9. The first-order chi connectivity index (χ1) is 21.6. The number of piperidine rings is 1. The molecule has 8 heteroatoms. The number of fused-ring (bicyclic) bond motifs is 3. The quantitative estimate of drug-likeness (QED) is 0.141. The van der Waals surface area contributed by atoms with E-state index in [0.717, 1.165) is 59.3 Å². The van der Waals surface area contributed by atoms with Crippen LogP contribution in [-0.2, 0) is 5.92 Å². The van der Waals surface area contributed by atoms with Gasteiger partial charge < -0.3 is 5.32 Å². The lowest BCUT2D eigenvalue weighted by Gasteiger charge is -2.43. The fraction of sp³-hybridized carbons (Fsp3) is 0.378. The Hall–Kier alpha value is -3.91. The number of halogens is 4. The monoisotopic (exact) mass is 614 g/mol. The van der Waals surface area contributed by atoms with E-state index in [9.17, 15) is 17.6 Å². The molecule has 45 heavy (non-hydrogen) atoms. The molecule has 2 heterocycles. The molecular weight excluding hydrogens is 576 g/mol. The van der Waals surface area contributed by atoms with Crippen LogP contribution >= 0.6 is 0 Å². The summed E-state index contributed by atoms with van der Waals surface area (Å²) in [4.78, 5) is 8.37. The summed E-state index contributed by atoms with van der Waals surface area (Å²) in [6, 6.07) is 20.3. The fourth-order valence-corrected chi connectivity index (χ4v) is 7.05. The number of hydrogen-bond acceptors (Lipinski definition) is 4. The molecule has 1 atom stereocenters. The van der Waals surface area contributed by atoms with Crippen LogP contribution in [0.5, 0.6) is 0 Å². The Morgan fingerprint density at radius 1 is 1.02 bits per heavy atom. The predicted molar refractivity (Wildman–Crippen MR) is 173 cm³/mol. The van der Waals surface area contributed by atoms with Gasteiger partial charge in [-0.15, -0.1) is 0 Å². The number of benzene rings is 3. The van der Waals surface area contributed by atoms with Crippen molar-refractivity contribution in [1.82, 2.24) is 4.90 Å². The molecule has 2 aliphatic heterocycles. The number of allylic oxidation sites excluding steroid dienone is 1. The van der Waals surface area contributed by atoms with Gasteiger partial charge in [-0.25, -0.2) is 8.78 Å². The molecular formula is C37H38F4N4. The van der Waals surface area contributed by atoms with E-state index in [1.54, 1.807) is 18.2 Å². The average molecular weight is 615 g/mol. The maximum Gasteiger partial charge on any atom is 0.317 e. The molecule has 0 aromatic heterocycles. The smallest absolute Gasteiger partial charge is 0.317 e. The zero-order valence-electron chi connectivity index (χ0n) is 25.7. The van der Waals surface area contributed by atoms with Gasteiger partial charge in [0.15, 0.2) is 0 Å². The maximum atomic E-state index is 14.6. The number of rotatable bonds is 10. The highest BCUT2D eigenvalue weighted by molar-refractivity contribution is 6.14. The molecule has 2 aliphatic carbocycles. The van der Waals surface area contributed by atoms with Crippen molar-refractivity contribution in [2.75, 3.05) is 23.3 Å². The molecule has 0 radical (unpaired) electrons. The lowest BCUT2D eigenvalue weighted by Crippen LogP contribution is -2.56. The Morgan fingerprint density at radius 2 is 1.78 bits per heavy atom. The van der Waals surface area contributed by atoms with Crippen molar-refractivity contribution in [3.63, 3.8) is 0 Å². The van der Waals surface area contributed by atoms with Crippen LogP contribution in [0.1, 0.15) is 66.8 Å². The van der Waals surface area contributed by atoms with E-state index >= 15 is 0 Å². The average Bonchev–Trinajstić information content (AvgIpc) is 3.97. The van der Waals surface area contributed by atoms with Crippen LogP contribution in [0.4, 0.5) is 28.9 Å². The van der Waals surface area contributed by atoms with Gasteiger partial charge in [-0.1, -0.05) is 56.0 Å². The number of anilines is 2. The number of aryl methyl sites for hydroxylation is 1. The van der Waals surface area contributed by atoms with Crippen molar-refractivity contribution in [3.8, 4) is 0 Å². The number of alkyl halides is 4. The highest BCUT2D eigenvalue weighted by Gasteiger charge is 2.62. The minimum Gasteiger partial charge on any atom is -0.382 e. The van der Waals surface area contributed by atoms with E-state index < -0.39 is 18.1 Å². The highest BCUT2D eigenvalue weighted by atomic mass is 19.3. The van der Waals surface area contributed by atoms with Gasteiger partial charge >= 0.3 is 6.55 Å². The molecule has 4 nitrogen and oxygen atoms in total. The van der Waals surface area contributed by atoms with E-state index in [4.69, 9.17) is 4.99 Å². The number of para-hydroxylation sites is 1. The first-order valence-electron chi connectivity index (χ1n) is 15.9. The number of hydrogen-bond donors (Lipinski definition) is 1. The molecule has 3 aromatic carbocycles. The second-order valence-corrected chi connectivity index (χ2v) is 12.7. The van der Waals surface area contributed by atoms with E-state index in [1.807, 2.05) is 49.4 Å². The molecule has 1 saturated heterocycles. The largest absolute Gasteiger partial charge is 0.382 e. The Balaban J connectivity index is 1.07. The summed E-state index contributed by atoms with van der Waals surface area (Å²) >= 11 is 0. The van der Waals surface area contributed by atoms with Crippen LogP contribution in [-0.4, -0.2) is 42.0 Å². The molecule has 7 rings (SSSR count). The van der Waals surface area contributed by atoms with Crippen molar-refractivity contribution in [3.05, 3.63) is 113 Å². The lowest BCUT2D eigenvalue weighted by molar-refractivity contribution is -0.00830. The van der Waals surface area contributed by atoms with Crippen molar-refractivity contribution < 1.29 is 17.6 Å². The topological polar surface area (TPSA) is 30.9 Å². The van der Waals surface area contributed by atoms with Crippen LogP contribution in [0, 0.1) is 12.8 Å². The standard InChI is InChI=1S/C37H38F4N4/c1-4-36(40,41)27-9-7-8-26(21-27)34(42-24(3)25-12-13-25)30-15-14-29(20-23(30)2)43-28-16-18-44(19-17-28)37-22-32(37)31-10-5-6-11-33(31)45(37)35(38)39/h5-11,14-15,20-22,25,28,35,43H,3-4,12-13,16-19H2,1-2H3. The first-order valence-corrected chi connectivity index (χ1v) is 15.9. The second kappa shape index (κ2) is 11.2. The summed E-state index contributed by atoms with van der Waals surface area (Å²) in [5, 5.41) is 3.66. The number of nitrogens with zero attached hydrogens (tertiary/aromatic N) is 3.